The van der Waals surface area contributed by atoms with Gasteiger partial charge in [0.25, 0.3) is 0 Å². The highest BCUT2D eigenvalue weighted by atomic mass is 32.2. The molecule has 0 radical (unpaired) electrons. The maximum atomic E-state index is 11.8. The van der Waals surface area contributed by atoms with Gasteiger partial charge in [0.15, 0.2) is 0 Å². The number of hydrogen-bond acceptors (Lipinski definition) is 4. The Hall–Kier alpha value is -1.11. The molecule has 1 aromatic rings. The molecule has 0 aliphatic heterocycles. The van der Waals surface area contributed by atoms with Crippen LogP contribution in [0, 0.1) is 0 Å². The van der Waals surface area contributed by atoms with Crippen LogP contribution < -0.4 is 15.4 Å². The fourth-order valence-corrected chi connectivity index (χ4v) is 3.73. The largest absolute Gasteiger partial charge is 0.369 e. The predicted octanol–water partition coefficient (Wildman–Crippen LogP) is 1.69. The number of anilines is 1. The lowest BCUT2D eigenvalue weighted by atomic mass is 9.90. The second-order valence-electron chi connectivity index (χ2n) is 5.56. The van der Waals surface area contributed by atoms with E-state index in [9.17, 15) is 8.42 Å². The predicted molar refractivity (Wildman–Crippen MR) is 85.9 cm³/mol. The average molecular weight is 311 g/mol. The lowest BCUT2D eigenvalue weighted by Crippen LogP contribution is -2.40. The molecule has 1 fully saturated rings. The summed E-state index contributed by atoms with van der Waals surface area (Å²) in [6.45, 7) is 3.05. The molecule has 0 aromatic heterocycles. The smallest absolute Gasteiger partial charge is 0.240 e. The van der Waals surface area contributed by atoms with E-state index in [1.165, 1.54) is 7.05 Å². The van der Waals surface area contributed by atoms with Crippen molar-refractivity contribution in [2.45, 2.75) is 49.6 Å². The van der Waals surface area contributed by atoms with E-state index in [0.29, 0.717) is 17.0 Å². The van der Waals surface area contributed by atoms with Crippen molar-refractivity contribution in [3.05, 3.63) is 24.3 Å². The molecule has 5 nitrogen and oxygen atoms in total. The molecule has 21 heavy (non-hydrogen) atoms. The van der Waals surface area contributed by atoms with Gasteiger partial charge in [-0.15, -0.1) is 0 Å². The Balaban J connectivity index is 2.16. The van der Waals surface area contributed by atoms with Gasteiger partial charge in [-0.3, -0.25) is 0 Å². The van der Waals surface area contributed by atoms with Crippen molar-refractivity contribution in [2.75, 3.05) is 18.5 Å². The first-order valence-electron chi connectivity index (χ1n) is 7.53. The fraction of sp³-hybridized carbons (Fsp3) is 0.600. The molecular formula is C15H25N3O2S. The quantitative estimate of drug-likeness (QED) is 0.868. The topological polar surface area (TPSA) is 75.4 Å². The summed E-state index contributed by atoms with van der Waals surface area (Å²) in [5.41, 5.74) is 7.04. The van der Waals surface area contributed by atoms with Crippen molar-refractivity contribution < 1.29 is 8.42 Å². The van der Waals surface area contributed by atoms with Crippen LogP contribution in [0.3, 0.4) is 0 Å². The van der Waals surface area contributed by atoms with Crippen molar-refractivity contribution >= 4 is 15.7 Å². The van der Waals surface area contributed by atoms with Gasteiger partial charge in [-0.1, -0.05) is 0 Å². The maximum absolute atomic E-state index is 11.8. The molecule has 6 heteroatoms. The van der Waals surface area contributed by atoms with Crippen LogP contribution in [-0.4, -0.2) is 34.1 Å². The van der Waals surface area contributed by atoms with Crippen LogP contribution in [0.1, 0.15) is 32.6 Å². The fourth-order valence-electron chi connectivity index (χ4n) is 3.00. The van der Waals surface area contributed by atoms with Crippen LogP contribution in [0.4, 0.5) is 5.69 Å². The van der Waals surface area contributed by atoms with Gasteiger partial charge >= 0.3 is 0 Å². The number of rotatable bonds is 5. The van der Waals surface area contributed by atoms with Gasteiger partial charge in [0.05, 0.1) is 4.90 Å². The average Bonchev–Trinajstić information content (AvgIpc) is 2.50. The van der Waals surface area contributed by atoms with E-state index in [1.807, 2.05) is 12.1 Å². The molecule has 0 spiro atoms. The van der Waals surface area contributed by atoms with Gasteiger partial charge in [-0.05, 0) is 63.9 Å². The molecule has 0 heterocycles. The van der Waals surface area contributed by atoms with Crippen LogP contribution in [0.5, 0.6) is 0 Å². The number of nitrogens with two attached hydrogens (primary N) is 1. The lowest BCUT2D eigenvalue weighted by molar-refractivity contribution is 0.378. The maximum Gasteiger partial charge on any atom is 0.240 e. The number of hydrogen-bond donors (Lipinski definition) is 2. The van der Waals surface area contributed by atoms with Crippen LogP contribution in [0.15, 0.2) is 29.2 Å². The first kappa shape index (κ1) is 16.3. The summed E-state index contributed by atoms with van der Waals surface area (Å²) in [6.07, 6.45) is 4.33. The van der Waals surface area contributed by atoms with Gasteiger partial charge < -0.3 is 10.6 Å². The molecule has 0 unspecified atom stereocenters. The van der Waals surface area contributed by atoms with Gasteiger partial charge in [0.1, 0.15) is 0 Å². The minimum atomic E-state index is -3.36. The molecule has 2 rings (SSSR count). The Morgan fingerprint density at radius 1 is 1.19 bits per heavy atom. The Morgan fingerprint density at radius 2 is 1.76 bits per heavy atom. The van der Waals surface area contributed by atoms with E-state index in [2.05, 4.69) is 16.5 Å². The van der Waals surface area contributed by atoms with Gasteiger partial charge in [-0.25, -0.2) is 13.1 Å². The number of benzene rings is 1. The van der Waals surface area contributed by atoms with E-state index in [1.54, 1.807) is 12.1 Å². The standard InChI is InChI=1S/C15H25N3O2S/c1-3-18(13-6-4-12(16)5-7-13)14-8-10-15(11-9-14)21(19,20)17-2/h8-13,17H,3-7,16H2,1-2H3. The Kier molecular flexibility index (Phi) is 5.24. The number of nitrogens with one attached hydrogen (secondary N) is 1. The van der Waals surface area contributed by atoms with Crippen molar-refractivity contribution in [3.63, 3.8) is 0 Å². The first-order valence-corrected chi connectivity index (χ1v) is 9.02. The third-order valence-corrected chi connectivity index (χ3v) is 5.70. The number of sulfonamides is 1. The molecule has 0 atom stereocenters. The molecule has 0 bridgehead atoms. The van der Waals surface area contributed by atoms with Crippen molar-refractivity contribution in [2.24, 2.45) is 5.73 Å². The highest BCUT2D eigenvalue weighted by molar-refractivity contribution is 7.89. The summed E-state index contributed by atoms with van der Waals surface area (Å²) < 4.78 is 25.8. The molecule has 0 amide bonds. The second kappa shape index (κ2) is 6.77. The summed E-state index contributed by atoms with van der Waals surface area (Å²) in [7, 11) is -1.94. The highest BCUT2D eigenvalue weighted by Crippen LogP contribution is 2.27. The van der Waals surface area contributed by atoms with Crippen molar-refractivity contribution in [1.82, 2.24) is 4.72 Å². The Bertz CT molecular complexity index is 549. The molecule has 0 saturated heterocycles. The van der Waals surface area contributed by atoms with E-state index in [4.69, 9.17) is 5.73 Å². The van der Waals surface area contributed by atoms with Gasteiger partial charge in [0.2, 0.25) is 10.0 Å². The normalized spacial score (nSPS) is 23.0. The van der Waals surface area contributed by atoms with Crippen LogP contribution >= 0.6 is 0 Å². The zero-order chi connectivity index (χ0) is 15.5. The lowest BCUT2D eigenvalue weighted by Gasteiger charge is -2.37. The zero-order valence-corrected chi connectivity index (χ0v) is 13.6. The van der Waals surface area contributed by atoms with Crippen molar-refractivity contribution in [1.29, 1.82) is 0 Å². The monoisotopic (exact) mass is 311 g/mol. The summed E-state index contributed by atoms with van der Waals surface area (Å²) in [6, 6.07) is 7.95. The first-order chi connectivity index (χ1) is 9.97. The summed E-state index contributed by atoms with van der Waals surface area (Å²) in [4.78, 5) is 2.65. The van der Waals surface area contributed by atoms with E-state index in [0.717, 1.165) is 37.9 Å². The minimum Gasteiger partial charge on any atom is -0.369 e. The SMILES string of the molecule is CCN(c1ccc(S(=O)(=O)NC)cc1)C1CCC(N)CC1. The molecule has 1 aromatic carbocycles. The van der Waals surface area contributed by atoms with Crippen LogP contribution in [-0.2, 0) is 10.0 Å². The Labute approximate surface area is 127 Å². The zero-order valence-electron chi connectivity index (χ0n) is 12.7. The van der Waals surface area contributed by atoms with Gasteiger partial charge in [0, 0.05) is 24.3 Å². The molecular weight excluding hydrogens is 286 g/mol. The van der Waals surface area contributed by atoms with Crippen LogP contribution in [0.25, 0.3) is 0 Å². The summed E-state index contributed by atoms with van der Waals surface area (Å²) >= 11 is 0. The molecule has 118 valence electrons. The molecule has 1 saturated carbocycles. The van der Waals surface area contributed by atoms with Crippen LogP contribution in [0.2, 0.25) is 0 Å². The number of nitrogens with zero attached hydrogens (tertiary/aromatic N) is 1. The highest BCUT2D eigenvalue weighted by Gasteiger charge is 2.23. The van der Waals surface area contributed by atoms with Gasteiger partial charge in [-0.2, -0.15) is 0 Å². The summed E-state index contributed by atoms with van der Waals surface area (Å²) in [5, 5.41) is 0. The van der Waals surface area contributed by atoms with Crippen molar-refractivity contribution in [3.8, 4) is 0 Å². The second-order valence-corrected chi connectivity index (χ2v) is 7.44. The minimum absolute atomic E-state index is 0.301. The molecule has 3 N–H and O–H groups in total. The van der Waals surface area contributed by atoms with E-state index in [-0.39, 0.29) is 0 Å². The van der Waals surface area contributed by atoms with E-state index >= 15 is 0 Å². The molecule has 1 aliphatic carbocycles. The third-order valence-electron chi connectivity index (χ3n) is 4.27. The Morgan fingerprint density at radius 3 is 2.24 bits per heavy atom. The third kappa shape index (κ3) is 3.75. The molecule has 1 aliphatic rings. The van der Waals surface area contributed by atoms with E-state index < -0.39 is 10.0 Å². The summed E-state index contributed by atoms with van der Waals surface area (Å²) in [5.74, 6) is 0.